The van der Waals surface area contributed by atoms with Crippen molar-refractivity contribution in [3.05, 3.63) is 11.6 Å². The highest BCUT2D eigenvalue weighted by molar-refractivity contribution is 5.82. The molecule has 6 heteroatoms. The Kier molecular flexibility index (Phi) is 5.55. The summed E-state index contributed by atoms with van der Waals surface area (Å²) in [6.07, 6.45) is 8.21. The minimum absolute atomic E-state index is 0.0179. The van der Waals surface area contributed by atoms with E-state index in [9.17, 15) is 19.8 Å². The van der Waals surface area contributed by atoms with E-state index in [-0.39, 0.29) is 58.3 Å². The van der Waals surface area contributed by atoms with Gasteiger partial charge in [0.15, 0.2) is 0 Å². The van der Waals surface area contributed by atoms with Crippen LogP contribution in [0.3, 0.4) is 0 Å². The molecule has 6 aliphatic rings. The lowest BCUT2D eigenvalue weighted by molar-refractivity contribution is -0.214. The Morgan fingerprint density at radius 2 is 1.76 bits per heavy atom. The Balaban J connectivity index is 1.46. The Hall–Kier alpha value is -1.40. The van der Waals surface area contributed by atoms with Crippen LogP contribution in [0.2, 0.25) is 0 Å². The van der Waals surface area contributed by atoms with Crippen molar-refractivity contribution in [2.24, 2.45) is 50.2 Å². The summed E-state index contributed by atoms with van der Waals surface area (Å²) in [5.41, 5.74) is -0.254. The molecule has 6 nitrogen and oxygen atoms in total. The molecule has 0 aromatic heterocycles. The molecule has 0 aromatic rings. The molecule has 5 fully saturated rings. The molecular weight excluding hydrogens is 480 g/mol. The van der Waals surface area contributed by atoms with Gasteiger partial charge in [-0.25, -0.2) is 0 Å². The minimum atomic E-state index is -0.688. The van der Waals surface area contributed by atoms with Crippen LogP contribution in [0.1, 0.15) is 99.8 Å². The Bertz CT molecular complexity index is 1100. The summed E-state index contributed by atoms with van der Waals surface area (Å²) in [6.45, 7) is 15.2. The van der Waals surface area contributed by atoms with Crippen LogP contribution < -0.4 is 0 Å². The van der Waals surface area contributed by atoms with Gasteiger partial charge in [-0.05, 0) is 72.5 Å². The fraction of sp³-hybridized carbons (Fsp3) is 0.875. The minimum Gasteiger partial charge on any atom is -0.462 e. The molecule has 212 valence electrons. The first-order valence-electron chi connectivity index (χ1n) is 15.0. The van der Waals surface area contributed by atoms with Gasteiger partial charge in [0, 0.05) is 30.6 Å². The van der Waals surface area contributed by atoms with Gasteiger partial charge in [-0.2, -0.15) is 0 Å². The van der Waals surface area contributed by atoms with Crippen molar-refractivity contribution in [3.63, 3.8) is 0 Å². The molecule has 1 spiro atoms. The Morgan fingerprint density at radius 1 is 1.05 bits per heavy atom. The lowest BCUT2D eigenvalue weighted by Gasteiger charge is -2.70. The van der Waals surface area contributed by atoms with Crippen LogP contribution in [-0.2, 0) is 19.1 Å². The van der Waals surface area contributed by atoms with Gasteiger partial charge in [0.2, 0.25) is 0 Å². The molecule has 1 heterocycles. The number of allylic oxidation sites excluding steroid dienone is 1. The molecule has 2 N–H and O–H groups in total. The number of esters is 2. The summed E-state index contributed by atoms with van der Waals surface area (Å²) in [5, 5.41) is 21.5. The molecule has 6 rings (SSSR count). The summed E-state index contributed by atoms with van der Waals surface area (Å²) in [4.78, 5) is 25.8. The highest BCUT2D eigenvalue weighted by atomic mass is 16.6. The van der Waals surface area contributed by atoms with E-state index >= 15 is 0 Å². The van der Waals surface area contributed by atoms with Crippen molar-refractivity contribution in [1.82, 2.24) is 0 Å². The van der Waals surface area contributed by atoms with Gasteiger partial charge in [0.25, 0.3) is 0 Å². The zero-order valence-electron chi connectivity index (χ0n) is 24.4. The average molecular weight is 529 g/mol. The van der Waals surface area contributed by atoms with Gasteiger partial charge in [-0.3, -0.25) is 9.59 Å². The third kappa shape index (κ3) is 2.97. The molecule has 0 aromatic carbocycles. The largest absolute Gasteiger partial charge is 0.462 e. The van der Waals surface area contributed by atoms with Crippen LogP contribution in [0, 0.1) is 50.2 Å². The molecule has 3 unspecified atom stereocenters. The fourth-order valence-electron chi connectivity index (χ4n) is 11.5. The summed E-state index contributed by atoms with van der Waals surface area (Å²) in [7, 11) is 0. The monoisotopic (exact) mass is 528 g/mol. The lowest BCUT2D eigenvalue weighted by Crippen LogP contribution is -2.67. The second-order valence-corrected chi connectivity index (χ2v) is 15.7. The van der Waals surface area contributed by atoms with Crippen LogP contribution in [0.15, 0.2) is 11.6 Å². The number of carbonyl (C=O) groups is 2. The molecule has 38 heavy (non-hydrogen) atoms. The lowest BCUT2D eigenvalue weighted by atomic mass is 9.33. The zero-order chi connectivity index (χ0) is 27.7. The van der Waals surface area contributed by atoms with E-state index in [1.807, 2.05) is 6.92 Å². The van der Waals surface area contributed by atoms with Crippen LogP contribution >= 0.6 is 0 Å². The molecule has 11 atom stereocenters. The SMILES string of the molecule is CC(=O)O[C@H]1C[C@@]23C[C@@H](OC2=O)[C@]2(C)C(=CCC4[C@@]5(C)CC[C@H](O)C(C)(C)C5CC[C@]42C)C3C[C@@]1(C)CO. The van der Waals surface area contributed by atoms with Crippen molar-refractivity contribution >= 4 is 11.9 Å². The first-order chi connectivity index (χ1) is 17.6. The molecular formula is C32H48O6. The molecule has 1 saturated heterocycles. The normalized spacial score (nSPS) is 54.4. The van der Waals surface area contributed by atoms with Gasteiger partial charge in [-0.15, -0.1) is 0 Å². The summed E-state index contributed by atoms with van der Waals surface area (Å²) in [6, 6.07) is 0. The van der Waals surface area contributed by atoms with E-state index in [1.54, 1.807) is 0 Å². The van der Waals surface area contributed by atoms with Crippen molar-refractivity contribution in [3.8, 4) is 0 Å². The molecule has 4 saturated carbocycles. The van der Waals surface area contributed by atoms with Crippen molar-refractivity contribution in [2.75, 3.05) is 6.61 Å². The summed E-state index contributed by atoms with van der Waals surface area (Å²) >= 11 is 0. The number of aliphatic hydroxyl groups is 2. The van der Waals surface area contributed by atoms with Gasteiger partial charge < -0.3 is 19.7 Å². The number of ether oxygens (including phenoxy) is 2. The predicted octanol–water partition coefficient (Wildman–Crippen LogP) is 5.20. The van der Waals surface area contributed by atoms with Crippen LogP contribution in [0.5, 0.6) is 0 Å². The summed E-state index contributed by atoms with van der Waals surface area (Å²) < 4.78 is 12.2. The van der Waals surface area contributed by atoms with Gasteiger partial charge >= 0.3 is 11.9 Å². The van der Waals surface area contributed by atoms with E-state index in [0.29, 0.717) is 31.1 Å². The van der Waals surface area contributed by atoms with E-state index < -0.39 is 16.9 Å². The third-order valence-corrected chi connectivity index (χ3v) is 13.9. The highest BCUT2D eigenvalue weighted by Gasteiger charge is 2.76. The van der Waals surface area contributed by atoms with Gasteiger partial charge in [-0.1, -0.05) is 53.2 Å². The van der Waals surface area contributed by atoms with Crippen molar-refractivity contribution in [2.45, 2.75) is 118 Å². The maximum Gasteiger partial charge on any atom is 0.313 e. The fourth-order valence-corrected chi connectivity index (χ4v) is 11.5. The Morgan fingerprint density at radius 3 is 2.42 bits per heavy atom. The third-order valence-electron chi connectivity index (χ3n) is 13.9. The molecule has 0 amide bonds. The highest BCUT2D eigenvalue weighted by Crippen LogP contribution is 2.77. The number of rotatable bonds is 2. The molecule has 0 radical (unpaired) electrons. The molecule has 1 aliphatic heterocycles. The second kappa shape index (κ2) is 7.87. The van der Waals surface area contributed by atoms with Gasteiger partial charge in [0.05, 0.1) is 18.1 Å². The van der Waals surface area contributed by atoms with Gasteiger partial charge in [0.1, 0.15) is 12.2 Å². The smallest absolute Gasteiger partial charge is 0.313 e. The number of aliphatic hydroxyl groups excluding tert-OH is 2. The Labute approximate surface area is 227 Å². The number of fused-ring (bicyclic) bond motifs is 8. The van der Waals surface area contributed by atoms with Crippen LogP contribution in [0.25, 0.3) is 0 Å². The molecule has 2 bridgehead atoms. The predicted molar refractivity (Wildman–Crippen MR) is 143 cm³/mol. The first-order valence-corrected chi connectivity index (χ1v) is 15.0. The van der Waals surface area contributed by atoms with E-state index in [0.717, 1.165) is 32.1 Å². The summed E-state index contributed by atoms with van der Waals surface area (Å²) in [5.74, 6) is 0.383. The zero-order valence-corrected chi connectivity index (χ0v) is 24.4. The average Bonchev–Trinajstić information content (AvgIpc) is 3.13. The van der Waals surface area contributed by atoms with Crippen molar-refractivity contribution in [1.29, 1.82) is 0 Å². The number of hydrogen-bond acceptors (Lipinski definition) is 6. The standard InChI is InChI=1S/C32H48O6/c1-18(34)37-24-15-32-16-25(38-26(32)36)31(7)19(20(32)14-28(24,4)17-33)8-9-22-29(5)12-11-23(35)27(2,3)21(29)10-13-30(22,31)6/h8,20-25,33,35H,9-17H2,1-7H3/t20?,21?,22?,23-,24-,25+,28-,29-,30+,31-,32-/m0/s1. The number of hydrogen-bond donors (Lipinski definition) is 2. The van der Waals surface area contributed by atoms with Crippen LogP contribution in [-0.4, -0.2) is 47.1 Å². The first kappa shape index (κ1) is 26.8. The maximum atomic E-state index is 13.8. The van der Waals surface area contributed by atoms with E-state index in [1.165, 1.54) is 12.5 Å². The van der Waals surface area contributed by atoms with E-state index in [4.69, 9.17) is 9.47 Å². The number of carbonyl (C=O) groups excluding carboxylic acids is 2. The maximum absolute atomic E-state index is 13.8. The topological polar surface area (TPSA) is 93.1 Å². The van der Waals surface area contributed by atoms with Crippen LogP contribution in [0.4, 0.5) is 0 Å². The second-order valence-electron chi connectivity index (χ2n) is 15.7. The quantitative estimate of drug-likeness (QED) is 0.378. The van der Waals surface area contributed by atoms with Crippen molar-refractivity contribution < 1.29 is 29.3 Å². The molecule has 5 aliphatic carbocycles. The van der Waals surface area contributed by atoms with E-state index in [2.05, 4.69) is 40.7 Å².